The molecule has 0 spiro atoms. The molecule has 0 unspecified atom stereocenters. The number of nitrogens with zero attached hydrogens (tertiary/aromatic N) is 1. The van der Waals surface area contributed by atoms with Crippen LogP contribution >= 0.6 is 0 Å². The highest BCUT2D eigenvalue weighted by Crippen LogP contribution is 2.37. The smallest absolute Gasteiger partial charge is 0.256 e. The third-order valence-electron chi connectivity index (χ3n) is 4.65. The van der Waals surface area contributed by atoms with Crippen LogP contribution in [0, 0.1) is 18.2 Å². The standard InChI is InChI=1S/C16H22FNO/c1-4-16(5-2)9-10-18(11-16)15(19)13-8-6-7-12(3)14(13)17/h6-8H,4-5,9-11H2,1-3H3. The third-order valence-corrected chi connectivity index (χ3v) is 4.65. The van der Waals surface area contributed by atoms with Crippen molar-refractivity contribution in [3.05, 3.63) is 35.1 Å². The lowest BCUT2D eigenvalue weighted by molar-refractivity contribution is 0.0765. The van der Waals surface area contributed by atoms with E-state index >= 15 is 0 Å². The van der Waals surface area contributed by atoms with E-state index in [9.17, 15) is 9.18 Å². The zero-order valence-electron chi connectivity index (χ0n) is 12.0. The molecule has 0 radical (unpaired) electrons. The molecule has 1 aromatic rings. The molecule has 1 heterocycles. The fourth-order valence-electron chi connectivity index (χ4n) is 2.92. The van der Waals surface area contributed by atoms with Gasteiger partial charge < -0.3 is 4.90 Å². The van der Waals surface area contributed by atoms with Gasteiger partial charge in [-0.2, -0.15) is 0 Å². The minimum Gasteiger partial charge on any atom is -0.338 e. The second-order valence-electron chi connectivity index (χ2n) is 5.62. The van der Waals surface area contributed by atoms with Crippen molar-refractivity contribution in [2.45, 2.75) is 40.0 Å². The summed E-state index contributed by atoms with van der Waals surface area (Å²) in [5.74, 6) is -0.539. The van der Waals surface area contributed by atoms with Crippen LogP contribution in [0.4, 0.5) is 4.39 Å². The minimum absolute atomic E-state index is 0.162. The van der Waals surface area contributed by atoms with Crippen LogP contribution in [0.2, 0.25) is 0 Å². The number of rotatable bonds is 3. The Morgan fingerprint density at radius 3 is 2.63 bits per heavy atom. The zero-order valence-corrected chi connectivity index (χ0v) is 12.0. The van der Waals surface area contributed by atoms with Gasteiger partial charge in [-0.15, -0.1) is 0 Å². The van der Waals surface area contributed by atoms with Crippen molar-refractivity contribution in [3.63, 3.8) is 0 Å². The first-order chi connectivity index (χ1) is 9.03. The van der Waals surface area contributed by atoms with Crippen LogP contribution in [0.5, 0.6) is 0 Å². The van der Waals surface area contributed by atoms with Gasteiger partial charge in [0.25, 0.3) is 5.91 Å². The summed E-state index contributed by atoms with van der Waals surface area (Å²) in [6, 6.07) is 5.02. The van der Waals surface area contributed by atoms with Gasteiger partial charge in [0.05, 0.1) is 5.56 Å². The Morgan fingerprint density at radius 1 is 1.37 bits per heavy atom. The van der Waals surface area contributed by atoms with Crippen molar-refractivity contribution in [1.29, 1.82) is 0 Å². The van der Waals surface area contributed by atoms with Crippen LogP contribution in [0.25, 0.3) is 0 Å². The molecule has 0 N–H and O–H groups in total. The Morgan fingerprint density at radius 2 is 2.05 bits per heavy atom. The van der Waals surface area contributed by atoms with E-state index < -0.39 is 0 Å². The second kappa shape index (κ2) is 5.32. The van der Waals surface area contributed by atoms with Gasteiger partial charge in [-0.3, -0.25) is 4.79 Å². The molecule has 0 aromatic heterocycles. The van der Waals surface area contributed by atoms with Crippen molar-refractivity contribution in [2.75, 3.05) is 13.1 Å². The fraction of sp³-hybridized carbons (Fsp3) is 0.562. The number of benzene rings is 1. The SMILES string of the molecule is CCC1(CC)CCN(C(=O)c2cccc(C)c2F)C1. The molecule has 2 rings (SSSR count). The quantitative estimate of drug-likeness (QED) is 0.812. The summed E-state index contributed by atoms with van der Waals surface area (Å²) >= 11 is 0. The Balaban J connectivity index is 2.20. The van der Waals surface area contributed by atoms with E-state index in [4.69, 9.17) is 0 Å². The summed E-state index contributed by atoms with van der Waals surface area (Å²) in [5.41, 5.74) is 0.973. The van der Waals surface area contributed by atoms with Crippen molar-refractivity contribution in [2.24, 2.45) is 5.41 Å². The van der Waals surface area contributed by atoms with Gasteiger partial charge >= 0.3 is 0 Å². The maximum atomic E-state index is 14.0. The summed E-state index contributed by atoms with van der Waals surface area (Å²) in [6.45, 7) is 7.54. The lowest BCUT2D eigenvalue weighted by Crippen LogP contribution is -2.32. The Bertz CT molecular complexity index is 480. The van der Waals surface area contributed by atoms with Crippen LogP contribution in [-0.2, 0) is 0 Å². The van der Waals surface area contributed by atoms with E-state index in [0.717, 1.165) is 32.4 Å². The number of halogens is 1. The van der Waals surface area contributed by atoms with Crippen LogP contribution in [0.3, 0.4) is 0 Å². The second-order valence-corrected chi connectivity index (χ2v) is 5.62. The molecule has 1 aliphatic rings. The number of likely N-dealkylation sites (tertiary alicyclic amines) is 1. The molecular formula is C16H22FNO. The van der Waals surface area contributed by atoms with E-state index in [2.05, 4.69) is 13.8 Å². The normalized spacial score (nSPS) is 17.8. The van der Waals surface area contributed by atoms with Gasteiger partial charge in [-0.05, 0) is 43.2 Å². The molecule has 1 aliphatic heterocycles. The van der Waals surface area contributed by atoms with Crippen LogP contribution in [0.1, 0.15) is 49.0 Å². The highest BCUT2D eigenvalue weighted by atomic mass is 19.1. The predicted molar refractivity (Wildman–Crippen MR) is 74.7 cm³/mol. The van der Waals surface area contributed by atoms with E-state index in [-0.39, 0.29) is 22.7 Å². The van der Waals surface area contributed by atoms with Gasteiger partial charge in [0.1, 0.15) is 5.82 Å². The first kappa shape index (κ1) is 14.0. The molecule has 3 heteroatoms. The van der Waals surface area contributed by atoms with Gasteiger partial charge in [0, 0.05) is 13.1 Å². The van der Waals surface area contributed by atoms with Gasteiger partial charge in [-0.25, -0.2) is 4.39 Å². The summed E-state index contributed by atoms with van der Waals surface area (Å²) < 4.78 is 14.0. The largest absolute Gasteiger partial charge is 0.338 e. The summed E-state index contributed by atoms with van der Waals surface area (Å²) in [6.07, 6.45) is 3.17. The molecule has 19 heavy (non-hydrogen) atoms. The lowest BCUT2D eigenvalue weighted by Gasteiger charge is -2.26. The number of amides is 1. The Kier molecular flexibility index (Phi) is 3.93. The number of hydrogen-bond acceptors (Lipinski definition) is 1. The lowest BCUT2D eigenvalue weighted by atomic mass is 9.82. The van der Waals surface area contributed by atoms with Crippen molar-refractivity contribution >= 4 is 5.91 Å². The third kappa shape index (κ3) is 2.51. The summed E-state index contributed by atoms with van der Waals surface area (Å²) in [4.78, 5) is 14.2. The van der Waals surface area contributed by atoms with E-state index in [1.165, 1.54) is 0 Å². The molecule has 1 amide bonds. The molecule has 0 atom stereocenters. The average molecular weight is 263 g/mol. The first-order valence-electron chi connectivity index (χ1n) is 7.07. The average Bonchev–Trinajstić information content (AvgIpc) is 2.86. The predicted octanol–water partition coefficient (Wildman–Crippen LogP) is 3.79. The first-order valence-corrected chi connectivity index (χ1v) is 7.07. The zero-order chi connectivity index (χ0) is 14.0. The Hall–Kier alpha value is -1.38. The van der Waals surface area contributed by atoms with Crippen LogP contribution < -0.4 is 0 Å². The van der Waals surface area contributed by atoms with Crippen LogP contribution in [0.15, 0.2) is 18.2 Å². The topological polar surface area (TPSA) is 20.3 Å². The van der Waals surface area contributed by atoms with E-state index in [0.29, 0.717) is 5.56 Å². The number of carbonyl (C=O) groups is 1. The van der Waals surface area contributed by atoms with Crippen molar-refractivity contribution in [1.82, 2.24) is 4.90 Å². The summed E-state index contributed by atoms with van der Waals surface area (Å²) in [7, 11) is 0. The van der Waals surface area contributed by atoms with Gasteiger partial charge in [0.15, 0.2) is 0 Å². The van der Waals surface area contributed by atoms with Crippen LogP contribution in [-0.4, -0.2) is 23.9 Å². The molecule has 1 aromatic carbocycles. The number of aryl methyl sites for hydroxylation is 1. The van der Waals surface area contributed by atoms with Gasteiger partial charge in [-0.1, -0.05) is 26.0 Å². The highest BCUT2D eigenvalue weighted by Gasteiger charge is 2.37. The molecular weight excluding hydrogens is 241 g/mol. The van der Waals surface area contributed by atoms with Crippen molar-refractivity contribution < 1.29 is 9.18 Å². The molecule has 0 bridgehead atoms. The van der Waals surface area contributed by atoms with Gasteiger partial charge in [0.2, 0.25) is 0 Å². The number of carbonyl (C=O) groups excluding carboxylic acids is 1. The monoisotopic (exact) mass is 263 g/mol. The molecule has 104 valence electrons. The van der Waals surface area contributed by atoms with Crippen molar-refractivity contribution in [3.8, 4) is 0 Å². The maximum Gasteiger partial charge on any atom is 0.256 e. The molecule has 0 aliphatic carbocycles. The van der Waals surface area contributed by atoms with E-state index in [1.54, 1.807) is 25.1 Å². The molecule has 1 fully saturated rings. The fourth-order valence-corrected chi connectivity index (χ4v) is 2.92. The maximum absolute atomic E-state index is 14.0. The molecule has 2 nitrogen and oxygen atoms in total. The molecule has 0 saturated carbocycles. The molecule has 1 saturated heterocycles. The summed E-state index contributed by atoms with van der Waals surface area (Å²) in [5, 5.41) is 0. The highest BCUT2D eigenvalue weighted by molar-refractivity contribution is 5.95. The number of hydrogen-bond donors (Lipinski definition) is 0. The Labute approximate surface area is 114 Å². The minimum atomic E-state index is -0.377. The van der Waals surface area contributed by atoms with E-state index in [1.807, 2.05) is 4.90 Å².